The van der Waals surface area contributed by atoms with Crippen LogP contribution in [-0.2, 0) is 4.79 Å². The fourth-order valence-electron chi connectivity index (χ4n) is 2.62. The molecule has 3 N–H and O–H groups in total. The molecule has 138 valence electrons. The van der Waals surface area contributed by atoms with Crippen LogP contribution in [0.1, 0.15) is 23.2 Å². The lowest BCUT2D eigenvalue weighted by molar-refractivity contribution is -0.128. The van der Waals surface area contributed by atoms with Crippen LogP contribution in [0.5, 0.6) is 0 Å². The molecule has 25 heavy (non-hydrogen) atoms. The Bertz CT molecular complexity index is 658. The Morgan fingerprint density at radius 1 is 1.32 bits per heavy atom. The number of hydrogen-bond donors (Lipinski definition) is 2. The third-order valence-corrected chi connectivity index (χ3v) is 4.80. The van der Waals surface area contributed by atoms with Crippen LogP contribution < -0.4 is 11.1 Å². The van der Waals surface area contributed by atoms with E-state index in [4.69, 9.17) is 28.9 Å². The minimum Gasteiger partial charge on any atom is -0.350 e. The largest absolute Gasteiger partial charge is 0.350 e. The van der Waals surface area contributed by atoms with Crippen molar-refractivity contribution in [3.8, 4) is 0 Å². The fourth-order valence-corrected chi connectivity index (χ4v) is 2.92. The van der Waals surface area contributed by atoms with E-state index in [9.17, 15) is 18.4 Å². The van der Waals surface area contributed by atoms with Gasteiger partial charge in [-0.1, -0.05) is 23.2 Å². The average Bonchev–Trinajstić information content (AvgIpc) is 2.61. The molecule has 0 aromatic heterocycles. The highest BCUT2D eigenvalue weighted by molar-refractivity contribution is 6.42. The maximum Gasteiger partial charge on any atom is 0.277 e. The van der Waals surface area contributed by atoms with Crippen LogP contribution in [0.3, 0.4) is 0 Å². The summed E-state index contributed by atoms with van der Waals surface area (Å²) in [7, 11) is 0. The monoisotopic (exact) mass is 393 g/mol. The van der Waals surface area contributed by atoms with Crippen molar-refractivity contribution in [1.82, 2.24) is 10.2 Å². The second-order valence-corrected chi connectivity index (χ2v) is 6.81. The van der Waals surface area contributed by atoms with Gasteiger partial charge < -0.3 is 16.0 Å². The van der Waals surface area contributed by atoms with Crippen LogP contribution in [0.4, 0.5) is 8.78 Å². The number of nitrogens with zero attached hydrogens (tertiary/aromatic N) is 1. The summed E-state index contributed by atoms with van der Waals surface area (Å²) in [5.41, 5.74) is 5.31. The molecule has 1 aliphatic heterocycles. The number of nitrogens with two attached hydrogens (primary N) is 1. The molecule has 1 aromatic rings. The molecule has 1 aromatic carbocycles. The van der Waals surface area contributed by atoms with Gasteiger partial charge in [-0.2, -0.15) is 0 Å². The maximum atomic E-state index is 13.1. The second-order valence-electron chi connectivity index (χ2n) is 6.00. The Hall–Kier alpha value is -1.44. The number of nitrogens with one attached hydrogen (secondary N) is 1. The van der Waals surface area contributed by atoms with E-state index in [-0.39, 0.29) is 17.5 Å². The zero-order valence-electron chi connectivity index (χ0n) is 13.4. The molecule has 2 amide bonds. The number of carbonyl (C=O) groups excluding carboxylic acids is 2. The fraction of sp³-hybridized carbons (Fsp3) is 0.500. The van der Waals surface area contributed by atoms with Gasteiger partial charge in [0.25, 0.3) is 11.8 Å². The molecule has 2 rings (SSSR count). The number of halogens is 4. The molecule has 1 aliphatic rings. The summed E-state index contributed by atoms with van der Waals surface area (Å²) in [4.78, 5) is 26.2. The van der Waals surface area contributed by atoms with Gasteiger partial charge in [0.15, 0.2) is 0 Å². The first-order chi connectivity index (χ1) is 11.7. The van der Waals surface area contributed by atoms with E-state index in [1.54, 1.807) is 6.07 Å². The molecule has 1 unspecified atom stereocenters. The van der Waals surface area contributed by atoms with E-state index < -0.39 is 30.8 Å². The second kappa shape index (κ2) is 8.29. The molecule has 0 spiro atoms. The highest BCUT2D eigenvalue weighted by Crippen LogP contribution is 2.25. The molecular formula is C16H19Cl2F2N3O2. The molecule has 9 heteroatoms. The number of carbonyl (C=O) groups is 2. The van der Waals surface area contributed by atoms with Crippen molar-refractivity contribution in [3.63, 3.8) is 0 Å². The Morgan fingerprint density at radius 2 is 2.04 bits per heavy atom. The topological polar surface area (TPSA) is 75.4 Å². The summed E-state index contributed by atoms with van der Waals surface area (Å²) in [6.45, 7) is -0.986. The summed E-state index contributed by atoms with van der Waals surface area (Å²) >= 11 is 11.8. The number of amides is 2. The zero-order valence-corrected chi connectivity index (χ0v) is 14.9. The Morgan fingerprint density at radius 3 is 2.68 bits per heavy atom. The number of rotatable bonds is 5. The van der Waals surface area contributed by atoms with Crippen LogP contribution in [-0.4, -0.2) is 48.8 Å². The van der Waals surface area contributed by atoms with E-state index in [0.29, 0.717) is 30.0 Å². The van der Waals surface area contributed by atoms with Crippen LogP contribution in [0, 0.1) is 5.92 Å². The molecule has 0 bridgehead atoms. The number of piperidine rings is 1. The van der Waals surface area contributed by atoms with E-state index in [1.165, 1.54) is 17.0 Å². The average molecular weight is 394 g/mol. The summed E-state index contributed by atoms with van der Waals surface area (Å²) in [6, 6.07) is 4.56. The highest BCUT2D eigenvalue weighted by Gasteiger charge is 2.32. The first kappa shape index (κ1) is 19.9. The van der Waals surface area contributed by atoms with Crippen molar-refractivity contribution in [2.45, 2.75) is 18.8 Å². The lowest BCUT2D eigenvalue weighted by atomic mass is 9.96. The van der Waals surface area contributed by atoms with Crippen molar-refractivity contribution in [1.29, 1.82) is 0 Å². The third-order valence-electron chi connectivity index (χ3n) is 4.07. The molecule has 1 atom stereocenters. The van der Waals surface area contributed by atoms with Crippen molar-refractivity contribution in [2.75, 3.05) is 26.2 Å². The standard InChI is InChI=1S/C16H19Cl2F2N3O2/c17-12-4-3-10(6-13(12)18)15(25)23-5-1-2-11(7-23)14(24)22-9-16(19,20)8-21/h3-4,6,11H,1-2,5,7-9,21H2,(H,22,24). The van der Waals surface area contributed by atoms with E-state index in [1.807, 2.05) is 0 Å². The molecule has 0 radical (unpaired) electrons. The summed E-state index contributed by atoms with van der Waals surface area (Å²) in [6.07, 6.45) is 1.14. The van der Waals surface area contributed by atoms with Gasteiger partial charge in [-0.15, -0.1) is 0 Å². The molecule has 1 fully saturated rings. The Kier molecular flexibility index (Phi) is 6.59. The van der Waals surface area contributed by atoms with Gasteiger partial charge in [0, 0.05) is 18.7 Å². The quantitative estimate of drug-likeness (QED) is 0.806. The van der Waals surface area contributed by atoms with Crippen LogP contribution >= 0.6 is 23.2 Å². The lowest BCUT2D eigenvalue weighted by Gasteiger charge is -2.32. The predicted molar refractivity (Wildman–Crippen MR) is 92.1 cm³/mol. The normalized spacial score (nSPS) is 18.1. The Labute approximate surface area is 154 Å². The van der Waals surface area contributed by atoms with Crippen molar-refractivity contribution in [2.24, 2.45) is 11.7 Å². The number of hydrogen-bond acceptors (Lipinski definition) is 3. The molecule has 0 aliphatic carbocycles. The summed E-state index contributed by atoms with van der Waals surface area (Å²) in [5, 5.41) is 2.82. The van der Waals surface area contributed by atoms with E-state index in [0.717, 1.165) is 0 Å². The minimum absolute atomic E-state index is 0.166. The summed E-state index contributed by atoms with van der Waals surface area (Å²) < 4.78 is 26.3. The number of likely N-dealkylation sites (tertiary alicyclic amines) is 1. The highest BCUT2D eigenvalue weighted by atomic mass is 35.5. The van der Waals surface area contributed by atoms with Gasteiger partial charge in [-0.3, -0.25) is 9.59 Å². The van der Waals surface area contributed by atoms with Crippen LogP contribution in [0.2, 0.25) is 10.0 Å². The van der Waals surface area contributed by atoms with Crippen molar-refractivity contribution < 1.29 is 18.4 Å². The smallest absolute Gasteiger partial charge is 0.277 e. The molecule has 1 saturated heterocycles. The summed E-state index contributed by atoms with van der Waals surface area (Å²) in [5.74, 6) is -4.45. The maximum absolute atomic E-state index is 13.1. The number of benzene rings is 1. The minimum atomic E-state index is -3.14. The van der Waals surface area contributed by atoms with Crippen molar-refractivity contribution in [3.05, 3.63) is 33.8 Å². The van der Waals surface area contributed by atoms with Crippen molar-refractivity contribution >= 4 is 35.0 Å². The van der Waals surface area contributed by atoms with Crippen LogP contribution in [0.15, 0.2) is 18.2 Å². The van der Waals surface area contributed by atoms with E-state index in [2.05, 4.69) is 5.32 Å². The Balaban J connectivity index is 1.98. The van der Waals surface area contributed by atoms with Crippen LogP contribution in [0.25, 0.3) is 0 Å². The first-order valence-electron chi connectivity index (χ1n) is 7.83. The lowest BCUT2D eigenvalue weighted by Crippen LogP contribution is -2.48. The van der Waals surface area contributed by atoms with Gasteiger partial charge in [0.05, 0.1) is 29.1 Å². The first-order valence-corrected chi connectivity index (χ1v) is 8.59. The third kappa shape index (κ3) is 5.26. The SMILES string of the molecule is NCC(F)(F)CNC(=O)C1CCCN(C(=O)c2ccc(Cl)c(Cl)c2)C1. The molecular weight excluding hydrogens is 375 g/mol. The molecule has 0 saturated carbocycles. The van der Waals surface area contributed by atoms with Gasteiger partial charge in [0.1, 0.15) is 0 Å². The van der Waals surface area contributed by atoms with Gasteiger partial charge in [-0.25, -0.2) is 8.78 Å². The van der Waals surface area contributed by atoms with Gasteiger partial charge in [-0.05, 0) is 31.0 Å². The molecule has 1 heterocycles. The predicted octanol–water partition coefficient (Wildman–Crippen LogP) is 2.56. The molecule has 5 nitrogen and oxygen atoms in total. The van der Waals surface area contributed by atoms with E-state index >= 15 is 0 Å². The van der Waals surface area contributed by atoms with Gasteiger partial charge >= 0.3 is 0 Å². The van der Waals surface area contributed by atoms with Gasteiger partial charge in [0.2, 0.25) is 5.91 Å². The number of alkyl halides is 2. The zero-order chi connectivity index (χ0) is 18.6.